The number of carbonyl (C=O) groups is 2. The van der Waals surface area contributed by atoms with E-state index in [1.807, 2.05) is 0 Å². The molecule has 0 spiro atoms. The Morgan fingerprint density at radius 3 is 2.48 bits per heavy atom. The lowest BCUT2D eigenvalue weighted by molar-refractivity contribution is 0.0828. The fourth-order valence-electron chi connectivity index (χ4n) is 1.75. The van der Waals surface area contributed by atoms with Crippen LogP contribution in [0, 0.1) is 0 Å². The molecule has 6 nitrogen and oxygen atoms in total. The van der Waals surface area contributed by atoms with Crippen LogP contribution in [0.25, 0.3) is 0 Å². The number of nitrogens with zero attached hydrogens (tertiary/aromatic N) is 2. The van der Waals surface area contributed by atoms with Crippen molar-refractivity contribution in [2.45, 2.75) is 0 Å². The van der Waals surface area contributed by atoms with Gasteiger partial charge >= 0.3 is 0 Å². The van der Waals surface area contributed by atoms with E-state index in [-0.39, 0.29) is 11.6 Å². The number of rotatable bonds is 3. The van der Waals surface area contributed by atoms with Gasteiger partial charge in [-0.3, -0.25) is 9.59 Å². The van der Waals surface area contributed by atoms with Crippen molar-refractivity contribution in [1.82, 2.24) is 9.88 Å². The molecule has 0 aliphatic heterocycles. The third kappa shape index (κ3) is 3.36. The van der Waals surface area contributed by atoms with Crippen molar-refractivity contribution in [3.63, 3.8) is 0 Å². The van der Waals surface area contributed by atoms with Crippen LogP contribution in [-0.2, 0) is 0 Å². The molecular formula is C15H16N4O2. The summed E-state index contributed by atoms with van der Waals surface area (Å²) in [5, 5.41) is 2.69. The first-order chi connectivity index (χ1) is 9.99. The van der Waals surface area contributed by atoms with Crippen molar-refractivity contribution in [3.8, 4) is 0 Å². The van der Waals surface area contributed by atoms with E-state index in [0.29, 0.717) is 16.9 Å². The highest BCUT2D eigenvalue weighted by Crippen LogP contribution is 2.17. The number of benzene rings is 1. The normalized spacial score (nSPS) is 10.0. The summed E-state index contributed by atoms with van der Waals surface area (Å²) < 4.78 is 0. The number of nitrogens with one attached hydrogen (secondary N) is 1. The Balaban J connectivity index is 2.25. The molecule has 2 rings (SSSR count). The number of hydrogen-bond donors (Lipinski definition) is 2. The van der Waals surface area contributed by atoms with Crippen LogP contribution < -0.4 is 11.1 Å². The van der Waals surface area contributed by atoms with E-state index in [1.54, 1.807) is 44.4 Å². The third-order valence-electron chi connectivity index (χ3n) is 2.83. The molecule has 108 valence electrons. The van der Waals surface area contributed by atoms with E-state index in [9.17, 15) is 9.59 Å². The van der Waals surface area contributed by atoms with Gasteiger partial charge in [-0.2, -0.15) is 0 Å². The van der Waals surface area contributed by atoms with Crippen LogP contribution in [0.5, 0.6) is 0 Å². The maximum atomic E-state index is 12.1. The van der Waals surface area contributed by atoms with Gasteiger partial charge in [-0.25, -0.2) is 4.98 Å². The van der Waals surface area contributed by atoms with Crippen LogP contribution in [-0.4, -0.2) is 35.8 Å². The van der Waals surface area contributed by atoms with Crippen molar-refractivity contribution in [2.75, 3.05) is 25.1 Å². The standard InChI is InChI=1S/C15H16N4O2/c1-19(2)15(21)11-5-3-4-6-12(11)18-14(20)13-8-7-10(16)9-17-13/h3-9H,16H2,1-2H3,(H,18,20). The van der Waals surface area contributed by atoms with E-state index in [1.165, 1.54) is 17.2 Å². The number of amides is 2. The zero-order valence-electron chi connectivity index (χ0n) is 11.8. The molecule has 0 aliphatic rings. The second-order valence-electron chi connectivity index (χ2n) is 4.68. The summed E-state index contributed by atoms with van der Waals surface area (Å²) in [6, 6.07) is 9.95. The summed E-state index contributed by atoms with van der Waals surface area (Å²) in [5.41, 5.74) is 7.11. The molecule has 6 heteroatoms. The third-order valence-corrected chi connectivity index (χ3v) is 2.83. The fraction of sp³-hybridized carbons (Fsp3) is 0.133. The van der Waals surface area contributed by atoms with E-state index in [0.717, 1.165) is 0 Å². The molecule has 0 unspecified atom stereocenters. The topological polar surface area (TPSA) is 88.3 Å². The van der Waals surface area contributed by atoms with Gasteiger partial charge in [-0.1, -0.05) is 12.1 Å². The number of anilines is 2. The Bertz CT molecular complexity index is 666. The maximum Gasteiger partial charge on any atom is 0.274 e. The molecule has 3 N–H and O–H groups in total. The molecule has 0 aliphatic carbocycles. The zero-order valence-corrected chi connectivity index (χ0v) is 11.8. The molecule has 1 aromatic heterocycles. The minimum atomic E-state index is -0.394. The van der Waals surface area contributed by atoms with E-state index in [2.05, 4.69) is 10.3 Å². The van der Waals surface area contributed by atoms with Crippen molar-refractivity contribution in [2.24, 2.45) is 0 Å². The van der Waals surface area contributed by atoms with Crippen LogP contribution in [0.4, 0.5) is 11.4 Å². The smallest absolute Gasteiger partial charge is 0.274 e. The number of para-hydroxylation sites is 1. The molecule has 0 fully saturated rings. The number of nitrogens with two attached hydrogens (primary N) is 1. The van der Waals surface area contributed by atoms with Crippen LogP contribution in [0.1, 0.15) is 20.8 Å². The number of pyridine rings is 1. The van der Waals surface area contributed by atoms with Crippen molar-refractivity contribution in [3.05, 3.63) is 53.9 Å². The number of carbonyl (C=O) groups excluding carboxylic acids is 2. The summed E-state index contributed by atoms with van der Waals surface area (Å²) in [4.78, 5) is 29.6. The fourth-order valence-corrected chi connectivity index (χ4v) is 1.75. The highest BCUT2D eigenvalue weighted by atomic mass is 16.2. The lowest BCUT2D eigenvalue weighted by atomic mass is 10.1. The summed E-state index contributed by atoms with van der Waals surface area (Å²) in [6.07, 6.45) is 1.41. The first-order valence-electron chi connectivity index (χ1n) is 6.32. The molecule has 2 amide bonds. The maximum absolute atomic E-state index is 12.1. The predicted molar refractivity (Wildman–Crippen MR) is 81.1 cm³/mol. The van der Waals surface area contributed by atoms with Gasteiger partial charge in [0.2, 0.25) is 0 Å². The van der Waals surface area contributed by atoms with Gasteiger partial charge < -0.3 is 16.0 Å². The first-order valence-corrected chi connectivity index (χ1v) is 6.32. The van der Waals surface area contributed by atoms with Gasteiger partial charge in [0, 0.05) is 14.1 Å². The van der Waals surface area contributed by atoms with Gasteiger partial charge in [0.15, 0.2) is 0 Å². The van der Waals surface area contributed by atoms with Crippen LogP contribution >= 0.6 is 0 Å². The van der Waals surface area contributed by atoms with E-state index >= 15 is 0 Å². The first kappa shape index (κ1) is 14.5. The Morgan fingerprint density at radius 1 is 1.14 bits per heavy atom. The Morgan fingerprint density at radius 2 is 1.86 bits per heavy atom. The van der Waals surface area contributed by atoms with Crippen LogP contribution in [0.15, 0.2) is 42.6 Å². The second-order valence-corrected chi connectivity index (χ2v) is 4.68. The van der Waals surface area contributed by atoms with Gasteiger partial charge in [0.1, 0.15) is 5.69 Å². The minimum absolute atomic E-state index is 0.184. The molecule has 2 aromatic rings. The Hall–Kier alpha value is -2.89. The molecule has 0 saturated carbocycles. The number of nitrogen functional groups attached to an aromatic ring is 1. The molecule has 0 bridgehead atoms. The quantitative estimate of drug-likeness (QED) is 0.896. The molecule has 0 atom stereocenters. The molecule has 0 radical (unpaired) electrons. The molecule has 1 aromatic carbocycles. The van der Waals surface area contributed by atoms with Crippen molar-refractivity contribution >= 4 is 23.2 Å². The van der Waals surface area contributed by atoms with Gasteiger partial charge in [-0.15, -0.1) is 0 Å². The Labute approximate surface area is 122 Å². The van der Waals surface area contributed by atoms with Crippen molar-refractivity contribution < 1.29 is 9.59 Å². The van der Waals surface area contributed by atoms with Gasteiger partial charge in [0.25, 0.3) is 11.8 Å². The average molecular weight is 284 g/mol. The summed E-state index contributed by atoms with van der Waals surface area (Å²) in [5.74, 6) is -0.579. The van der Waals surface area contributed by atoms with Crippen molar-refractivity contribution in [1.29, 1.82) is 0 Å². The minimum Gasteiger partial charge on any atom is -0.397 e. The highest BCUT2D eigenvalue weighted by molar-refractivity contribution is 6.08. The summed E-state index contributed by atoms with van der Waals surface area (Å²) >= 11 is 0. The monoisotopic (exact) mass is 284 g/mol. The predicted octanol–water partition coefficient (Wildman–Crippen LogP) is 1.62. The van der Waals surface area contributed by atoms with Gasteiger partial charge in [0.05, 0.1) is 23.1 Å². The number of aromatic nitrogens is 1. The largest absolute Gasteiger partial charge is 0.397 e. The molecular weight excluding hydrogens is 268 g/mol. The highest BCUT2D eigenvalue weighted by Gasteiger charge is 2.15. The van der Waals surface area contributed by atoms with Crippen LogP contribution in [0.2, 0.25) is 0 Å². The molecule has 0 saturated heterocycles. The summed E-state index contributed by atoms with van der Waals surface area (Å²) in [7, 11) is 3.31. The van der Waals surface area contributed by atoms with Crippen LogP contribution in [0.3, 0.4) is 0 Å². The molecule has 1 heterocycles. The summed E-state index contributed by atoms with van der Waals surface area (Å²) in [6.45, 7) is 0. The lowest BCUT2D eigenvalue weighted by Crippen LogP contribution is -2.24. The van der Waals surface area contributed by atoms with E-state index < -0.39 is 5.91 Å². The number of hydrogen-bond acceptors (Lipinski definition) is 4. The Kier molecular flexibility index (Phi) is 4.18. The van der Waals surface area contributed by atoms with Gasteiger partial charge in [-0.05, 0) is 24.3 Å². The SMILES string of the molecule is CN(C)C(=O)c1ccccc1NC(=O)c1ccc(N)cn1. The zero-order chi connectivity index (χ0) is 15.4. The average Bonchev–Trinajstić information content (AvgIpc) is 2.47. The van der Waals surface area contributed by atoms with E-state index in [4.69, 9.17) is 5.73 Å². The lowest BCUT2D eigenvalue weighted by Gasteiger charge is -2.14. The molecule has 21 heavy (non-hydrogen) atoms. The second kappa shape index (κ2) is 6.04.